The van der Waals surface area contributed by atoms with Gasteiger partial charge in [-0.15, -0.1) is 6.58 Å². The van der Waals surface area contributed by atoms with E-state index in [1.165, 1.54) is 12.1 Å². The fraction of sp³-hybridized carbons (Fsp3) is 0.154. The Bertz CT molecular complexity index is 692. The van der Waals surface area contributed by atoms with Crippen molar-refractivity contribution < 1.29 is 9.18 Å². The second-order valence-corrected chi connectivity index (χ2v) is 4.44. The van der Waals surface area contributed by atoms with Gasteiger partial charge in [0.2, 0.25) is 5.91 Å². The van der Waals surface area contributed by atoms with Crippen LogP contribution in [0.1, 0.15) is 5.82 Å². The number of nitrogens with zero attached hydrogens (tertiary/aromatic N) is 2. The van der Waals surface area contributed by atoms with Crippen molar-refractivity contribution in [1.82, 2.24) is 14.8 Å². The van der Waals surface area contributed by atoms with Crippen LogP contribution in [0.25, 0.3) is 0 Å². The molecule has 1 amide bonds. The number of carbonyl (C=O) groups is 1. The highest BCUT2D eigenvalue weighted by Crippen LogP contribution is 2.12. The third kappa shape index (κ3) is 3.18. The Kier molecular flexibility index (Phi) is 4.41. The second-order valence-electron chi connectivity index (χ2n) is 4.05. The number of hydrogen-bond acceptors (Lipinski definition) is 3. The summed E-state index contributed by atoms with van der Waals surface area (Å²) in [6.45, 7) is 4.07. The molecular weight excluding hydrogens is 279 g/mol. The Morgan fingerprint density at radius 2 is 2.30 bits per heavy atom. The largest absolute Gasteiger partial charge is 0.323 e. The van der Waals surface area contributed by atoms with Crippen molar-refractivity contribution in [3.63, 3.8) is 0 Å². The number of hydrogen-bond donors (Lipinski definition) is 2. The maximum Gasteiger partial charge on any atom is 0.232 e. The molecule has 0 fully saturated rings. The Morgan fingerprint density at radius 3 is 3.00 bits per heavy atom. The van der Waals surface area contributed by atoms with E-state index in [4.69, 9.17) is 12.2 Å². The topological polar surface area (TPSA) is 62.7 Å². The van der Waals surface area contributed by atoms with E-state index in [1.807, 2.05) is 0 Å². The molecule has 0 aliphatic carbocycles. The van der Waals surface area contributed by atoms with Gasteiger partial charge in [-0.1, -0.05) is 18.2 Å². The molecule has 2 rings (SSSR count). The number of aromatic nitrogens is 3. The fourth-order valence-corrected chi connectivity index (χ4v) is 1.93. The van der Waals surface area contributed by atoms with Crippen LogP contribution in [-0.2, 0) is 17.8 Å². The number of rotatable bonds is 5. The van der Waals surface area contributed by atoms with Crippen LogP contribution in [0.3, 0.4) is 0 Å². The SMILES string of the molecule is C=CCn1c(CC(=O)Nc2ccccc2F)n[nH]c1=S. The van der Waals surface area contributed by atoms with Crippen molar-refractivity contribution in [2.45, 2.75) is 13.0 Å². The molecule has 7 heteroatoms. The average Bonchev–Trinajstić information content (AvgIpc) is 2.75. The first kappa shape index (κ1) is 14.1. The summed E-state index contributed by atoms with van der Waals surface area (Å²) in [5.74, 6) is -0.371. The lowest BCUT2D eigenvalue weighted by atomic mass is 10.3. The van der Waals surface area contributed by atoms with Crippen molar-refractivity contribution in [3.8, 4) is 0 Å². The van der Waals surface area contributed by atoms with Crippen molar-refractivity contribution >= 4 is 23.8 Å². The van der Waals surface area contributed by atoms with Crippen molar-refractivity contribution in [1.29, 1.82) is 0 Å². The van der Waals surface area contributed by atoms with E-state index in [0.717, 1.165) is 0 Å². The van der Waals surface area contributed by atoms with E-state index in [9.17, 15) is 9.18 Å². The Balaban J connectivity index is 2.11. The van der Waals surface area contributed by atoms with Crippen molar-refractivity contribution in [2.24, 2.45) is 0 Å². The monoisotopic (exact) mass is 292 g/mol. The van der Waals surface area contributed by atoms with Gasteiger partial charge < -0.3 is 5.32 Å². The van der Waals surface area contributed by atoms with Gasteiger partial charge in [0.05, 0.1) is 12.1 Å². The summed E-state index contributed by atoms with van der Waals surface area (Å²) in [7, 11) is 0. The third-order valence-corrected chi connectivity index (χ3v) is 2.93. The Hall–Kier alpha value is -2.28. The first-order valence-corrected chi connectivity index (χ1v) is 6.32. The van der Waals surface area contributed by atoms with E-state index in [2.05, 4.69) is 22.1 Å². The number of H-pyrrole nitrogens is 1. The molecule has 0 radical (unpaired) electrons. The van der Waals surface area contributed by atoms with Crippen LogP contribution < -0.4 is 5.32 Å². The van der Waals surface area contributed by atoms with Crippen LogP contribution in [0.5, 0.6) is 0 Å². The molecule has 1 aromatic carbocycles. The van der Waals surface area contributed by atoms with Crippen LogP contribution in [0.4, 0.5) is 10.1 Å². The number of benzene rings is 1. The Labute approximate surface area is 120 Å². The molecule has 1 aromatic heterocycles. The zero-order chi connectivity index (χ0) is 14.5. The van der Waals surface area contributed by atoms with Gasteiger partial charge in [-0.25, -0.2) is 4.39 Å². The van der Waals surface area contributed by atoms with Gasteiger partial charge in [-0.2, -0.15) is 5.10 Å². The van der Waals surface area contributed by atoms with Gasteiger partial charge in [0.15, 0.2) is 4.77 Å². The molecule has 0 atom stereocenters. The van der Waals surface area contributed by atoms with Crippen LogP contribution in [0.15, 0.2) is 36.9 Å². The van der Waals surface area contributed by atoms with E-state index >= 15 is 0 Å². The first-order valence-electron chi connectivity index (χ1n) is 5.91. The number of amides is 1. The molecule has 0 bridgehead atoms. The molecule has 0 saturated heterocycles. The summed E-state index contributed by atoms with van der Waals surface area (Å²) in [5.41, 5.74) is 0.141. The molecular formula is C13H13FN4OS. The van der Waals surface area contributed by atoms with Crippen LogP contribution in [-0.4, -0.2) is 20.7 Å². The van der Waals surface area contributed by atoms with Crippen LogP contribution >= 0.6 is 12.2 Å². The van der Waals surface area contributed by atoms with Gasteiger partial charge in [0.1, 0.15) is 11.6 Å². The quantitative estimate of drug-likeness (QED) is 0.657. The molecule has 0 saturated carbocycles. The molecule has 1 heterocycles. The van der Waals surface area contributed by atoms with E-state index in [0.29, 0.717) is 17.1 Å². The Morgan fingerprint density at radius 1 is 1.55 bits per heavy atom. The summed E-state index contributed by atoms with van der Waals surface area (Å²) in [6, 6.07) is 5.98. The summed E-state index contributed by atoms with van der Waals surface area (Å²) >= 11 is 5.05. The van der Waals surface area contributed by atoms with E-state index in [-0.39, 0.29) is 18.0 Å². The maximum atomic E-state index is 13.4. The third-order valence-electron chi connectivity index (χ3n) is 2.62. The molecule has 2 N–H and O–H groups in total. The average molecular weight is 292 g/mol. The van der Waals surface area contributed by atoms with E-state index in [1.54, 1.807) is 22.8 Å². The van der Waals surface area contributed by atoms with Gasteiger partial charge in [0, 0.05) is 6.54 Å². The highest BCUT2D eigenvalue weighted by molar-refractivity contribution is 7.71. The molecule has 20 heavy (non-hydrogen) atoms. The number of halogens is 1. The second kappa shape index (κ2) is 6.25. The van der Waals surface area contributed by atoms with Crippen molar-refractivity contribution in [2.75, 3.05) is 5.32 Å². The first-order chi connectivity index (χ1) is 9.61. The van der Waals surface area contributed by atoms with E-state index < -0.39 is 5.82 Å². The van der Waals surface area contributed by atoms with Gasteiger partial charge in [-0.3, -0.25) is 14.5 Å². The lowest BCUT2D eigenvalue weighted by molar-refractivity contribution is -0.115. The normalized spacial score (nSPS) is 10.2. The van der Waals surface area contributed by atoms with Crippen molar-refractivity contribution in [3.05, 3.63) is 53.3 Å². The number of carbonyl (C=O) groups excluding carboxylic acids is 1. The summed E-state index contributed by atoms with van der Waals surface area (Å²) < 4.78 is 15.5. The summed E-state index contributed by atoms with van der Waals surface area (Å²) in [5, 5.41) is 9.09. The zero-order valence-corrected chi connectivity index (χ0v) is 11.4. The number of nitrogens with one attached hydrogen (secondary N) is 2. The molecule has 104 valence electrons. The van der Waals surface area contributed by atoms with Gasteiger partial charge in [0.25, 0.3) is 0 Å². The number of para-hydroxylation sites is 1. The lowest BCUT2D eigenvalue weighted by Gasteiger charge is -2.06. The zero-order valence-electron chi connectivity index (χ0n) is 10.6. The molecule has 0 aliphatic heterocycles. The van der Waals surface area contributed by atoms with Gasteiger partial charge in [-0.05, 0) is 24.4 Å². The highest BCUT2D eigenvalue weighted by atomic mass is 32.1. The van der Waals surface area contributed by atoms with Crippen LogP contribution in [0, 0.1) is 10.6 Å². The minimum absolute atomic E-state index is 0.00465. The van der Waals surface area contributed by atoms with Gasteiger partial charge >= 0.3 is 0 Å². The van der Waals surface area contributed by atoms with Crippen LogP contribution in [0.2, 0.25) is 0 Å². The molecule has 2 aromatic rings. The predicted octanol–water partition coefficient (Wildman–Crippen LogP) is 2.45. The lowest BCUT2D eigenvalue weighted by Crippen LogP contribution is -2.18. The molecule has 5 nitrogen and oxygen atoms in total. The molecule has 0 unspecified atom stereocenters. The number of anilines is 1. The summed E-state index contributed by atoms with van der Waals surface area (Å²) in [4.78, 5) is 11.9. The maximum absolute atomic E-state index is 13.4. The number of aromatic amines is 1. The standard InChI is InChI=1S/C13H13FN4OS/c1-2-7-18-11(16-17-13(18)20)8-12(19)15-10-6-4-3-5-9(10)14/h2-6H,1,7-8H2,(H,15,19)(H,17,20). The highest BCUT2D eigenvalue weighted by Gasteiger charge is 2.12. The molecule has 0 spiro atoms. The molecule has 0 aliphatic rings. The summed E-state index contributed by atoms with van der Waals surface area (Å²) in [6.07, 6.45) is 1.65. The fourth-order valence-electron chi connectivity index (χ4n) is 1.70. The smallest absolute Gasteiger partial charge is 0.232 e. The predicted molar refractivity (Wildman–Crippen MR) is 76.3 cm³/mol. The minimum atomic E-state index is -0.481. The minimum Gasteiger partial charge on any atom is -0.323 e. The number of allylic oxidation sites excluding steroid dienone is 1.